The summed E-state index contributed by atoms with van der Waals surface area (Å²) in [5.74, 6) is 0. The number of rotatable bonds is 6. The van der Waals surface area contributed by atoms with Gasteiger partial charge < -0.3 is 10.1 Å². The van der Waals surface area contributed by atoms with Crippen LogP contribution in [0.2, 0.25) is 0 Å². The maximum absolute atomic E-state index is 5.73. The van der Waals surface area contributed by atoms with Crippen molar-refractivity contribution in [3.63, 3.8) is 0 Å². The second-order valence-electron chi connectivity index (χ2n) is 5.35. The van der Waals surface area contributed by atoms with Crippen LogP contribution in [0.25, 0.3) is 0 Å². The van der Waals surface area contributed by atoms with E-state index in [9.17, 15) is 0 Å². The topological polar surface area (TPSA) is 24.5 Å². The lowest BCUT2D eigenvalue weighted by Gasteiger charge is -2.38. The smallest absolute Gasteiger partial charge is 0.0674 e. The minimum absolute atomic E-state index is 0.380. The molecule has 106 valence electrons. The largest absolute Gasteiger partial charge is 0.385 e. The average molecular weight is 262 g/mol. The number of nitrogens with zero attached hydrogens (tertiary/aromatic N) is 1. The molecule has 1 aromatic rings. The van der Waals surface area contributed by atoms with E-state index in [0.29, 0.717) is 12.1 Å². The van der Waals surface area contributed by atoms with Gasteiger partial charge in [-0.2, -0.15) is 0 Å². The number of hydrogen-bond donors (Lipinski definition) is 1. The number of benzene rings is 1. The molecule has 3 heteroatoms. The number of para-hydroxylation sites is 1. The van der Waals surface area contributed by atoms with Crippen LogP contribution < -0.4 is 5.32 Å². The van der Waals surface area contributed by atoms with Gasteiger partial charge in [0.1, 0.15) is 0 Å². The van der Waals surface area contributed by atoms with Crippen molar-refractivity contribution in [2.24, 2.45) is 0 Å². The van der Waals surface area contributed by atoms with Crippen LogP contribution in [-0.2, 0) is 4.74 Å². The van der Waals surface area contributed by atoms with Crippen molar-refractivity contribution in [1.29, 1.82) is 0 Å². The summed E-state index contributed by atoms with van der Waals surface area (Å²) in [7, 11) is 0. The molecule has 1 N–H and O–H groups in total. The van der Waals surface area contributed by atoms with Crippen LogP contribution in [0.15, 0.2) is 30.3 Å². The Hall–Kier alpha value is -1.06. The molecule has 19 heavy (non-hydrogen) atoms. The summed E-state index contributed by atoms with van der Waals surface area (Å²) in [6.07, 6.45) is 2.74. The Morgan fingerprint density at radius 2 is 2.11 bits per heavy atom. The van der Waals surface area contributed by atoms with E-state index in [2.05, 4.69) is 48.3 Å². The summed E-state index contributed by atoms with van der Waals surface area (Å²) in [6, 6.07) is 11.0. The van der Waals surface area contributed by atoms with Gasteiger partial charge in [0.05, 0.1) is 12.7 Å². The second-order valence-corrected chi connectivity index (χ2v) is 5.35. The van der Waals surface area contributed by atoms with Crippen LogP contribution in [0.5, 0.6) is 0 Å². The molecule has 3 nitrogen and oxygen atoms in total. The summed E-state index contributed by atoms with van der Waals surface area (Å²) in [4.78, 5) is 2.58. The second kappa shape index (κ2) is 7.51. The van der Waals surface area contributed by atoms with E-state index >= 15 is 0 Å². The number of nitrogens with one attached hydrogen (secondary N) is 1. The standard InChI is InChI=1S/C16H26N2O/c1-3-16-13-19-14(2)12-18(16)11-7-10-17-15-8-5-4-6-9-15/h4-6,8-9,14,16-17H,3,7,10-13H2,1-2H3. The zero-order chi connectivity index (χ0) is 13.5. The molecule has 0 spiro atoms. The zero-order valence-electron chi connectivity index (χ0n) is 12.1. The fourth-order valence-electron chi connectivity index (χ4n) is 2.63. The van der Waals surface area contributed by atoms with Crippen LogP contribution in [0.4, 0.5) is 5.69 Å². The molecule has 1 fully saturated rings. The summed E-state index contributed by atoms with van der Waals surface area (Å²) in [5, 5.41) is 3.47. The quantitative estimate of drug-likeness (QED) is 0.798. The van der Waals surface area contributed by atoms with Crippen LogP contribution in [0.1, 0.15) is 26.7 Å². The van der Waals surface area contributed by atoms with Gasteiger partial charge in [-0.1, -0.05) is 25.1 Å². The summed E-state index contributed by atoms with van der Waals surface area (Å²) in [6.45, 7) is 8.58. The third kappa shape index (κ3) is 4.51. The minimum atomic E-state index is 0.380. The van der Waals surface area contributed by atoms with E-state index in [4.69, 9.17) is 4.74 Å². The lowest BCUT2D eigenvalue weighted by molar-refractivity contribution is -0.0556. The predicted molar refractivity (Wildman–Crippen MR) is 80.6 cm³/mol. The molecule has 0 radical (unpaired) electrons. The van der Waals surface area contributed by atoms with Crippen molar-refractivity contribution in [2.45, 2.75) is 38.8 Å². The van der Waals surface area contributed by atoms with Gasteiger partial charge in [0.25, 0.3) is 0 Å². The molecular weight excluding hydrogens is 236 g/mol. The Labute approximate surface area is 116 Å². The van der Waals surface area contributed by atoms with Crippen LogP contribution in [0.3, 0.4) is 0 Å². The fraction of sp³-hybridized carbons (Fsp3) is 0.625. The number of morpholine rings is 1. The van der Waals surface area contributed by atoms with Crippen LogP contribution in [0, 0.1) is 0 Å². The molecule has 0 aliphatic carbocycles. The van der Waals surface area contributed by atoms with E-state index < -0.39 is 0 Å². The summed E-state index contributed by atoms with van der Waals surface area (Å²) < 4.78 is 5.73. The Balaban J connectivity index is 1.69. The van der Waals surface area contributed by atoms with Gasteiger partial charge in [0.15, 0.2) is 0 Å². The zero-order valence-corrected chi connectivity index (χ0v) is 12.1. The van der Waals surface area contributed by atoms with Gasteiger partial charge in [-0.25, -0.2) is 0 Å². The van der Waals surface area contributed by atoms with E-state index in [-0.39, 0.29) is 0 Å². The highest BCUT2D eigenvalue weighted by molar-refractivity contribution is 5.42. The van der Waals surface area contributed by atoms with Gasteiger partial charge >= 0.3 is 0 Å². The first-order valence-electron chi connectivity index (χ1n) is 7.44. The first-order chi connectivity index (χ1) is 9.29. The van der Waals surface area contributed by atoms with E-state index in [0.717, 1.165) is 26.2 Å². The average Bonchev–Trinajstić information content (AvgIpc) is 2.45. The van der Waals surface area contributed by atoms with E-state index in [1.165, 1.54) is 18.5 Å². The van der Waals surface area contributed by atoms with Crippen molar-refractivity contribution < 1.29 is 4.74 Å². The van der Waals surface area contributed by atoms with Gasteiger partial charge in [-0.15, -0.1) is 0 Å². The maximum Gasteiger partial charge on any atom is 0.0674 e. The Bertz CT molecular complexity index is 355. The highest BCUT2D eigenvalue weighted by Crippen LogP contribution is 2.14. The van der Waals surface area contributed by atoms with Crippen molar-refractivity contribution in [3.05, 3.63) is 30.3 Å². The molecule has 0 bridgehead atoms. The molecule has 1 aliphatic heterocycles. The Morgan fingerprint density at radius 1 is 1.32 bits per heavy atom. The molecule has 1 aliphatic rings. The highest BCUT2D eigenvalue weighted by atomic mass is 16.5. The number of ether oxygens (including phenoxy) is 1. The fourth-order valence-corrected chi connectivity index (χ4v) is 2.63. The predicted octanol–water partition coefficient (Wildman–Crippen LogP) is 2.99. The SMILES string of the molecule is CCC1COC(C)CN1CCCNc1ccccc1. The molecule has 0 aromatic heterocycles. The van der Waals surface area contributed by atoms with Crippen molar-refractivity contribution in [2.75, 3.05) is 31.6 Å². The highest BCUT2D eigenvalue weighted by Gasteiger charge is 2.24. The molecule has 0 saturated carbocycles. The first-order valence-corrected chi connectivity index (χ1v) is 7.44. The molecule has 1 aromatic carbocycles. The molecule has 1 saturated heterocycles. The Morgan fingerprint density at radius 3 is 2.84 bits per heavy atom. The van der Waals surface area contributed by atoms with Crippen LogP contribution in [-0.4, -0.2) is 43.3 Å². The van der Waals surface area contributed by atoms with Gasteiger partial charge in [-0.3, -0.25) is 4.90 Å². The van der Waals surface area contributed by atoms with E-state index in [1.54, 1.807) is 0 Å². The lowest BCUT2D eigenvalue weighted by Crippen LogP contribution is -2.48. The van der Waals surface area contributed by atoms with Gasteiger partial charge in [0.2, 0.25) is 0 Å². The molecule has 1 heterocycles. The number of hydrogen-bond acceptors (Lipinski definition) is 3. The lowest BCUT2D eigenvalue weighted by atomic mass is 10.1. The summed E-state index contributed by atoms with van der Waals surface area (Å²) in [5.41, 5.74) is 1.21. The van der Waals surface area contributed by atoms with E-state index in [1.807, 2.05) is 6.07 Å². The third-order valence-electron chi connectivity index (χ3n) is 3.78. The number of anilines is 1. The minimum Gasteiger partial charge on any atom is -0.385 e. The van der Waals surface area contributed by atoms with Crippen molar-refractivity contribution in [1.82, 2.24) is 4.90 Å². The van der Waals surface area contributed by atoms with Gasteiger partial charge in [-0.05, 0) is 31.9 Å². The molecule has 0 amide bonds. The van der Waals surface area contributed by atoms with Crippen LogP contribution >= 0.6 is 0 Å². The third-order valence-corrected chi connectivity index (χ3v) is 3.78. The molecule has 2 atom stereocenters. The molecule has 2 unspecified atom stereocenters. The monoisotopic (exact) mass is 262 g/mol. The normalized spacial score (nSPS) is 24.3. The van der Waals surface area contributed by atoms with Gasteiger partial charge in [0, 0.05) is 31.4 Å². The van der Waals surface area contributed by atoms with Crippen molar-refractivity contribution in [3.8, 4) is 0 Å². The summed E-state index contributed by atoms with van der Waals surface area (Å²) >= 11 is 0. The molecule has 2 rings (SSSR count). The van der Waals surface area contributed by atoms with Crippen molar-refractivity contribution >= 4 is 5.69 Å². The maximum atomic E-state index is 5.73. The first kappa shape index (κ1) is 14.4. The molecular formula is C16H26N2O. The Kier molecular flexibility index (Phi) is 5.67.